The second-order valence-electron chi connectivity index (χ2n) is 4.37. The first-order valence-electron chi connectivity index (χ1n) is 6.02. The van der Waals surface area contributed by atoms with Gasteiger partial charge in [0.15, 0.2) is 0 Å². The number of aliphatic carboxylic acids is 1. The molecule has 2 aromatic rings. The van der Waals surface area contributed by atoms with E-state index < -0.39 is 5.97 Å². The zero-order valence-corrected chi connectivity index (χ0v) is 10.2. The van der Waals surface area contributed by atoms with Gasteiger partial charge in [0.25, 0.3) is 0 Å². The highest BCUT2D eigenvalue weighted by Crippen LogP contribution is 2.38. The highest BCUT2D eigenvalue weighted by molar-refractivity contribution is 5.91. The van der Waals surface area contributed by atoms with Gasteiger partial charge in [0.2, 0.25) is 0 Å². The molecule has 0 spiro atoms. The van der Waals surface area contributed by atoms with Crippen molar-refractivity contribution < 1.29 is 14.6 Å². The van der Waals surface area contributed by atoms with Crippen molar-refractivity contribution >= 4 is 11.5 Å². The minimum Gasteiger partial charge on any atom is -0.481 e. The van der Waals surface area contributed by atoms with E-state index in [2.05, 4.69) is 0 Å². The van der Waals surface area contributed by atoms with E-state index in [0.29, 0.717) is 5.57 Å². The van der Waals surface area contributed by atoms with Crippen LogP contribution in [0.3, 0.4) is 0 Å². The highest BCUT2D eigenvalue weighted by Gasteiger charge is 2.18. The molecule has 0 aromatic heterocycles. The molecule has 19 heavy (non-hydrogen) atoms. The van der Waals surface area contributed by atoms with E-state index in [1.54, 1.807) is 6.26 Å². The number of fused-ring (bicyclic) bond motifs is 3. The topological polar surface area (TPSA) is 46.5 Å². The monoisotopic (exact) mass is 252 g/mol. The van der Waals surface area contributed by atoms with E-state index >= 15 is 0 Å². The first-order chi connectivity index (χ1) is 9.25. The van der Waals surface area contributed by atoms with Crippen molar-refractivity contribution in [3.05, 3.63) is 60.4 Å². The van der Waals surface area contributed by atoms with Crippen molar-refractivity contribution in [2.24, 2.45) is 0 Å². The minimum absolute atomic E-state index is 0.0506. The zero-order chi connectivity index (χ0) is 13.2. The molecule has 0 radical (unpaired) electrons. The van der Waals surface area contributed by atoms with E-state index in [4.69, 9.17) is 9.84 Å². The Labute approximate surface area is 110 Å². The maximum absolute atomic E-state index is 11.0. The Morgan fingerprint density at radius 2 is 1.58 bits per heavy atom. The smallest absolute Gasteiger partial charge is 0.307 e. The van der Waals surface area contributed by atoms with Gasteiger partial charge in [0, 0.05) is 11.1 Å². The summed E-state index contributed by atoms with van der Waals surface area (Å²) in [5, 5.41) is 9.00. The van der Waals surface area contributed by atoms with Gasteiger partial charge in [-0.15, -0.1) is 0 Å². The second-order valence-corrected chi connectivity index (χ2v) is 4.37. The predicted molar refractivity (Wildman–Crippen MR) is 72.7 cm³/mol. The molecule has 0 atom stereocenters. The summed E-state index contributed by atoms with van der Waals surface area (Å²) in [5.74, 6) is -0.119. The summed E-state index contributed by atoms with van der Waals surface area (Å²) in [5.41, 5.74) is 3.58. The van der Waals surface area contributed by atoms with E-state index in [1.165, 1.54) is 0 Å². The molecule has 0 saturated heterocycles. The molecule has 3 nitrogen and oxygen atoms in total. The third kappa shape index (κ3) is 2.10. The quantitative estimate of drug-likeness (QED) is 0.888. The molecule has 0 bridgehead atoms. The van der Waals surface area contributed by atoms with Crippen LogP contribution in [0.1, 0.15) is 12.0 Å². The molecule has 1 N–H and O–H groups in total. The number of carboxylic acids is 1. The first kappa shape index (κ1) is 11.5. The van der Waals surface area contributed by atoms with Gasteiger partial charge in [-0.2, -0.15) is 0 Å². The van der Waals surface area contributed by atoms with Crippen LogP contribution in [0.4, 0.5) is 0 Å². The van der Waals surface area contributed by atoms with Gasteiger partial charge in [0.05, 0.1) is 12.7 Å². The summed E-state index contributed by atoms with van der Waals surface area (Å²) in [7, 11) is 0. The molecule has 1 aliphatic rings. The van der Waals surface area contributed by atoms with Gasteiger partial charge in [-0.25, -0.2) is 0 Å². The third-order valence-corrected chi connectivity index (χ3v) is 3.12. The molecular weight excluding hydrogens is 240 g/mol. The lowest BCUT2D eigenvalue weighted by Crippen LogP contribution is -1.98. The summed E-state index contributed by atoms with van der Waals surface area (Å²) in [6.45, 7) is 0. The summed E-state index contributed by atoms with van der Waals surface area (Å²) >= 11 is 0. The summed E-state index contributed by atoms with van der Waals surface area (Å²) < 4.78 is 5.62. The molecule has 0 amide bonds. The average molecular weight is 252 g/mol. The van der Waals surface area contributed by atoms with E-state index in [1.807, 2.05) is 48.5 Å². The van der Waals surface area contributed by atoms with Crippen molar-refractivity contribution in [3.8, 4) is 16.9 Å². The number of carboxylic acid groups (broad SMARTS) is 1. The van der Waals surface area contributed by atoms with Crippen LogP contribution in [0.15, 0.2) is 54.8 Å². The van der Waals surface area contributed by atoms with Crippen LogP contribution in [0.25, 0.3) is 16.7 Å². The number of ether oxygens (including phenoxy) is 1. The van der Waals surface area contributed by atoms with Crippen molar-refractivity contribution in [1.29, 1.82) is 0 Å². The van der Waals surface area contributed by atoms with Crippen LogP contribution >= 0.6 is 0 Å². The normalized spacial score (nSPS) is 12.5. The molecule has 0 aliphatic carbocycles. The minimum atomic E-state index is -0.865. The molecule has 0 fully saturated rings. The van der Waals surface area contributed by atoms with E-state index in [0.717, 1.165) is 22.4 Å². The number of hydrogen-bond acceptors (Lipinski definition) is 2. The summed E-state index contributed by atoms with van der Waals surface area (Å²) in [6.07, 6.45) is 1.49. The molecule has 0 unspecified atom stereocenters. The van der Waals surface area contributed by atoms with Crippen LogP contribution in [0, 0.1) is 0 Å². The Morgan fingerprint density at radius 3 is 2.32 bits per heavy atom. The Balaban J connectivity index is 2.21. The molecule has 1 aliphatic heterocycles. The van der Waals surface area contributed by atoms with Crippen molar-refractivity contribution in [1.82, 2.24) is 0 Å². The van der Waals surface area contributed by atoms with Gasteiger partial charge in [-0.1, -0.05) is 42.5 Å². The fraction of sp³-hybridized carbons (Fsp3) is 0.0625. The SMILES string of the molecule is O=C(O)CC1=COc2ccccc2-c2ccccc21. The van der Waals surface area contributed by atoms with Crippen molar-refractivity contribution in [2.75, 3.05) is 0 Å². The Kier molecular flexibility index (Phi) is 2.80. The number of rotatable bonds is 2. The second kappa shape index (κ2) is 4.61. The van der Waals surface area contributed by atoms with Crippen molar-refractivity contribution in [2.45, 2.75) is 6.42 Å². The van der Waals surface area contributed by atoms with Crippen LogP contribution in [0.2, 0.25) is 0 Å². The van der Waals surface area contributed by atoms with Gasteiger partial charge < -0.3 is 9.84 Å². The highest BCUT2D eigenvalue weighted by atomic mass is 16.5. The molecule has 3 heteroatoms. The molecular formula is C16H12O3. The first-order valence-corrected chi connectivity index (χ1v) is 6.02. The third-order valence-electron chi connectivity index (χ3n) is 3.12. The van der Waals surface area contributed by atoms with Gasteiger partial charge in [0.1, 0.15) is 5.75 Å². The molecule has 1 heterocycles. The Hall–Kier alpha value is -2.55. The number of para-hydroxylation sites is 1. The lowest BCUT2D eigenvalue weighted by molar-refractivity contribution is -0.135. The lowest BCUT2D eigenvalue weighted by Gasteiger charge is -2.09. The molecule has 2 aromatic carbocycles. The largest absolute Gasteiger partial charge is 0.481 e. The molecule has 3 rings (SSSR count). The predicted octanol–water partition coefficient (Wildman–Crippen LogP) is 3.56. The van der Waals surface area contributed by atoms with Gasteiger partial charge in [-0.3, -0.25) is 4.79 Å². The van der Waals surface area contributed by atoms with Crippen LogP contribution < -0.4 is 4.74 Å². The van der Waals surface area contributed by atoms with Crippen molar-refractivity contribution in [3.63, 3.8) is 0 Å². The van der Waals surface area contributed by atoms with Gasteiger partial charge >= 0.3 is 5.97 Å². The average Bonchev–Trinajstić information content (AvgIpc) is 2.57. The van der Waals surface area contributed by atoms with E-state index in [-0.39, 0.29) is 6.42 Å². The fourth-order valence-corrected chi connectivity index (χ4v) is 2.29. The number of carbonyl (C=O) groups is 1. The Bertz CT molecular complexity index is 671. The Morgan fingerprint density at radius 1 is 0.947 bits per heavy atom. The maximum Gasteiger partial charge on any atom is 0.307 e. The fourth-order valence-electron chi connectivity index (χ4n) is 2.29. The van der Waals surface area contributed by atoms with Gasteiger partial charge in [-0.05, 0) is 17.2 Å². The zero-order valence-electron chi connectivity index (χ0n) is 10.2. The lowest BCUT2D eigenvalue weighted by atomic mass is 9.94. The molecule has 94 valence electrons. The molecule has 0 saturated carbocycles. The van der Waals surface area contributed by atoms with Crippen LogP contribution in [-0.4, -0.2) is 11.1 Å². The number of hydrogen-bond donors (Lipinski definition) is 1. The van der Waals surface area contributed by atoms with Crippen LogP contribution in [-0.2, 0) is 4.79 Å². The maximum atomic E-state index is 11.0. The van der Waals surface area contributed by atoms with Crippen LogP contribution in [0.5, 0.6) is 5.75 Å². The van der Waals surface area contributed by atoms with E-state index in [9.17, 15) is 4.79 Å². The summed E-state index contributed by atoms with van der Waals surface area (Å²) in [6, 6.07) is 15.5. The summed E-state index contributed by atoms with van der Waals surface area (Å²) in [4.78, 5) is 11.0. The standard InChI is InChI=1S/C16H12O3/c17-16(18)9-11-10-19-15-8-4-3-7-14(15)13-6-2-1-5-12(11)13/h1-8,10H,9H2,(H,17,18). The number of benzene rings is 2.